The predicted molar refractivity (Wildman–Crippen MR) is 65.4 cm³/mol. The summed E-state index contributed by atoms with van der Waals surface area (Å²) in [6.45, 7) is 9.53. The Balaban J connectivity index is 2.29. The van der Waals surface area contributed by atoms with Gasteiger partial charge in [-0.15, -0.1) is 0 Å². The van der Waals surface area contributed by atoms with Gasteiger partial charge in [-0.2, -0.15) is 0 Å². The Hall–Kier alpha value is -0.130. The summed E-state index contributed by atoms with van der Waals surface area (Å²) >= 11 is 0. The lowest BCUT2D eigenvalue weighted by atomic mass is 10.3. The van der Waals surface area contributed by atoms with Crippen LogP contribution in [0.3, 0.4) is 0 Å². The summed E-state index contributed by atoms with van der Waals surface area (Å²) in [6.07, 6.45) is 0.722. The molecular weight excluding hydrogens is 226 g/mol. The zero-order valence-corrected chi connectivity index (χ0v) is 11.3. The molecule has 0 radical (unpaired) electrons. The van der Waals surface area contributed by atoms with Crippen LogP contribution in [0.1, 0.15) is 27.2 Å². The van der Waals surface area contributed by atoms with Crippen LogP contribution in [0.5, 0.6) is 0 Å². The fourth-order valence-corrected chi connectivity index (χ4v) is 2.73. The molecule has 5 heteroatoms. The van der Waals surface area contributed by atoms with E-state index in [1.807, 2.05) is 0 Å². The van der Waals surface area contributed by atoms with E-state index in [0.29, 0.717) is 0 Å². The molecule has 0 amide bonds. The molecule has 0 aromatic heterocycles. The Kier molecular flexibility index (Phi) is 4.76. The highest BCUT2D eigenvalue weighted by Gasteiger charge is 2.28. The predicted octanol–water partition coefficient (Wildman–Crippen LogP) is 0.922. The summed E-state index contributed by atoms with van der Waals surface area (Å²) in [7, 11) is -2.96. The van der Waals surface area contributed by atoms with Gasteiger partial charge in [-0.25, -0.2) is 8.42 Å². The number of sulfone groups is 1. The Bertz CT molecular complexity index is 300. The van der Waals surface area contributed by atoms with Gasteiger partial charge in [0, 0.05) is 13.1 Å². The van der Waals surface area contributed by atoms with Crippen molar-refractivity contribution in [2.45, 2.75) is 31.9 Å². The molecule has 0 aromatic carbocycles. The minimum atomic E-state index is -2.96. The van der Waals surface area contributed by atoms with Crippen LogP contribution in [-0.2, 0) is 14.6 Å². The van der Waals surface area contributed by atoms with E-state index >= 15 is 0 Å². The average molecular weight is 249 g/mol. The van der Waals surface area contributed by atoms with Crippen LogP contribution in [0.2, 0.25) is 0 Å². The topological polar surface area (TPSA) is 46.6 Å². The van der Waals surface area contributed by atoms with Crippen molar-refractivity contribution in [1.82, 2.24) is 4.90 Å². The zero-order chi connectivity index (χ0) is 12.2. The molecule has 0 saturated carbocycles. The van der Waals surface area contributed by atoms with Crippen molar-refractivity contribution >= 4 is 9.84 Å². The van der Waals surface area contributed by atoms with Crippen LogP contribution in [0.15, 0.2) is 0 Å². The van der Waals surface area contributed by atoms with E-state index in [9.17, 15) is 8.42 Å². The molecule has 1 fully saturated rings. The fraction of sp³-hybridized carbons (Fsp3) is 1.00. The van der Waals surface area contributed by atoms with Crippen molar-refractivity contribution in [1.29, 1.82) is 0 Å². The maximum Gasteiger partial charge on any atom is 0.155 e. The van der Waals surface area contributed by atoms with Gasteiger partial charge in [-0.3, -0.25) is 4.90 Å². The van der Waals surface area contributed by atoms with E-state index in [2.05, 4.69) is 4.90 Å². The number of nitrogens with zero attached hydrogens (tertiary/aromatic N) is 1. The monoisotopic (exact) mass is 249 g/mol. The lowest BCUT2D eigenvalue weighted by Crippen LogP contribution is -2.38. The molecule has 1 heterocycles. The van der Waals surface area contributed by atoms with Gasteiger partial charge in [-0.05, 0) is 33.7 Å². The van der Waals surface area contributed by atoms with Gasteiger partial charge >= 0.3 is 0 Å². The van der Waals surface area contributed by atoms with Gasteiger partial charge in [-0.1, -0.05) is 0 Å². The van der Waals surface area contributed by atoms with Gasteiger partial charge in [0.25, 0.3) is 0 Å². The molecule has 1 saturated heterocycles. The summed E-state index contributed by atoms with van der Waals surface area (Å²) in [5.41, 5.74) is 0. The highest BCUT2D eigenvalue weighted by Crippen LogP contribution is 2.16. The summed E-state index contributed by atoms with van der Waals surface area (Å²) in [4.78, 5) is 2.27. The molecule has 0 bridgehead atoms. The summed E-state index contributed by atoms with van der Waals surface area (Å²) < 4.78 is 28.3. The van der Waals surface area contributed by atoms with Crippen molar-refractivity contribution in [2.24, 2.45) is 0 Å². The van der Waals surface area contributed by atoms with Crippen LogP contribution in [0.4, 0.5) is 0 Å². The molecule has 1 rings (SSSR count). The van der Waals surface area contributed by atoms with Crippen molar-refractivity contribution in [3.8, 4) is 0 Å². The molecule has 0 atom stereocenters. The molecule has 16 heavy (non-hydrogen) atoms. The van der Waals surface area contributed by atoms with Crippen LogP contribution < -0.4 is 0 Å². The quantitative estimate of drug-likeness (QED) is 0.743. The first-order valence-corrected chi connectivity index (χ1v) is 7.50. The SMILES string of the molecule is CC(C)(C)S(=O)(=O)CCCN1CCOCC1. The largest absolute Gasteiger partial charge is 0.379 e. The van der Waals surface area contributed by atoms with E-state index in [4.69, 9.17) is 4.74 Å². The lowest BCUT2D eigenvalue weighted by molar-refractivity contribution is 0.0381. The fourth-order valence-electron chi connectivity index (χ4n) is 1.61. The molecule has 0 unspecified atom stereocenters. The number of morpholine rings is 1. The van der Waals surface area contributed by atoms with Crippen molar-refractivity contribution in [3.05, 3.63) is 0 Å². The Labute approximate surface area is 98.9 Å². The Morgan fingerprint density at radius 1 is 1.19 bits per heavy atom. The van der Waals surface area contributed by atoms with E-state index in [-0.39, 0.29) is 5.75 Å². The van der Waals surface area contributed by atoms with Gasteiger partial charge in [0.1, 0.15) is 0 Å². The summed E-state index contributed by atoms with van der Waals surface area (Å²) in [5, 5.41) is 0. The standard InChI is InChI=1S/C11H23NO3S/c1-11(2,3)16(13,14)10-4-5-12-6-8-15-9-7-12/h4-10H2,1-3H3. The van der Waals surface area contributed by atoms with E-state index < -0.39 is 14.6 Å². The second kappa shape index (κ2) is 5.47. The lowest BCUT2D eigenvalue weighted by Gasteiger charge is -2.27. The molecule has 1 aliphatic rings. The first-order chi connectivity index (χ1) is 7.33. The van der Waals surface area contributed by atoms with Gasteiger partial charge in [0.05, 0.1) is 23.7 Å². The number of hydrogen-bond donors (Lipinski definition) is 0. The molecule has 0 aliphatic carbocycles. The average Bonchev–Trinajstić information content (AvgIpc) is 2.17. The van der Waals surface area contributed by atoms with Crippen LogP contribution in [-0.4, -0.2) is 56.7 Å². The van der Waals surface area contributed by atoms with Crippen LogP contribution >= 0.6 is 0 Å². The molecule has 1 aliphatic heterocycles. The second-order valence-electron chi connectivity index (χ2n) is 5.24. The normalized spacial score (nSPS) is 19.9. The van der Waals surface area contributed by atoms with Crippen molar-refractivity contribution in [2.75, 3.05) is 38.6 Å². The summed E-state index contributed by atoms with van der Waals surface area (Å²) in [6, 6.07) is 0. The van der Waals surface area contributed by atoms with Gasteiger partial charge in [0.15, 0.2) is 9.84 Å². The molecule has 0 N–H and O–H groups in total. The number of rotatable bonds is 4. The highest BCUT2D eigenvalue weighted by atomic mass is 32.2. The second-order valence-corrected chi connectivity index (χ2v) is 8.10. The van der Waals surface area contributed by atoms with E-state index in [1.165, 1.54) is 0 Å². The third-order valence-corrected chi connectivity index (χ3v) is 5.62. The number of hydrogen-bond acceptors (Lipinski definition) is 4. The minimum Gasteiger partial charge on any atom is -0.379 e. The smallest absolute Gasteiger partial charge is 0.155 e. The van der Waals surface area contributed by atoms with Crippen molar-refractivity contribution in [3.63, 3.8) is 0 Å². The van der Waals surface area contributed by atoms with Gasteiger partial charge in [0.2, 0.25) is 0 Å². The molecule has 0 aromatic rings. The molecule has 96 valence electrons. The first kappa shape index (κ1) is 13.9. The number of ether oxygens (including phenoxy) is 1. The summed E-state index contributed by atoms with van der Waals surface area (Å²) in [5.74, 6) is 0.286. The van der Waals surface area contributed by atoms with Crippen LogP contribution in [0, 0.1) is 0 Å². The first-order valence-electron chi connectivity index (χ1n) is 5.85. The minimum absolute atomic E-state index is 0.286. The zero-order valence-electron chi connectivity index (χ0n) is 10.5. The Morgan fingerprint density at radius 3 is 2.25 bits per heavy atom. The molecule has 4 nitrogen and oxygen atoms in total. The molecule has 0 spiro atoms. The van der Waals surface area contributed by atoms with Crippen molar-refractivity contribution < 1.29 is 13.2 Å². The molecular formula is C11H23NO3S. The third kappa shape index (κ3) is 4.03. The van der Waals surface area contributed by atoms with Crippen LogP contribution in [0.25, 0.3) is 0 Å². The van der Waals surface area contributed by atoms with Gasteiger partial charge < -0.3 is 4.74 Å². The maximum absolute atomic E-state index is 11.9. The highest BCUT2D eigenvalue weighted by molar-refractivity contribution is 7.92. The third-order valence-electron chi connectivity index (χ3n) is 2.92. The van der Waals surface area contributed by atoms with E-state index in [0.717, 1.165) is 39.3 Å². The Morgan fingerprint density at radius 2 is 1.75 bits per heavy atom. The van der Waals surface area contributed by atoms with E-state index in [1.54, 1.807) is 20.8 Å². The maximum atomic E-state index is 11.9.